The van der Waals surface area contributed by atoms with Gasteiger partial charge in [-0.1, -0.05) is 66.7 Å². The zero-order valence-corrected chi connectivity index (χ0v) is 17.1. The molecule has 4 nitrogen and oxygen atoms in total. The van der Waals surface area contributed by atoms with Gasteiger partial charge in [0.2, 0.25) is 5.28 Å². The van der Waals surface area contributed by atoms with Crippen LogP contribution in [-0.4, -0.2) is 15.0 Å². The third-order valence-electron chi connectivity index (χ3n) is 5.09. The van der Waals surface area contributed by atoms with Crippen molar-refractivity contribution in [2.75, 3.05) is 0 Å². The molecule has 0 spiro atoms. The smallest absolute Gasteiger partial charge is 0.208 e. The van der Waals surface area contributed by atoms with Gasteiger partial charge >= 0.3 is 0 Å². The summed E-state index contributed by atoms with van der Waals surface area (Å²) in [6.45, 7) is 0. The van der Waals surface area contributed by atoms with Crippen molar-refractivity contribution in [2.45, 2.75) is 0 Å². The third-order valence-corrected chi connectivity index (χ3v) is 5.25. The topological polar surface area (TPSA) is 62.5 Å². The van der Waals surface area contributed by atoms with E-state index in [0.717, 1.165) is 33.0 Å². The van der Waals surface area contributed by atoms with E-state index in [-0.39, 0.29) is 5.28 Å². The quantitative estimate of drug-likeness (QED) is 0.333. The van der Waals surface area contributed by atoms with E-state index in [9.17, 15) is 0 Å². The number of nitrogens with zero attached hydrogens (tertiary/aromatic N) is 4. The van der Waals surface area contributed by atoms with Crippen molar-refractivity contribution < 1.29 is 0 Å². The Labute approximate surface area is 184 Å². The Morgan fingerprint density at radius 3 is 2.06 bits per heavy atom. The van der Waals surface area contributed by atoms with Crippen LogP contribution in [0.2, 0.25) is 5.28 Å². The molecule has 0 saturated heterocycles. The summed E-state index contributed by atoms with van der Waals surface area (Å²) >= 11 is 6.27. The maximum Gasteiger partial charge on any atom is 0.226 e. The highest BCUT2D eigenvalue weighted by atomic mass is 35.5. The van der Waals surface area contributed by atoms with Crippen LogP contribution in [0.3, 0.4) is 0 Å². The molecule has 31 heavy (non-hydrogen) atoms. The number of halogens is 1. The highest BCUT2D eigenvalue weighted by Gasteiger charge is 2.13. The lowest BCUT2D eigenvalue weighted by Gasteiger charge is -2.11. The molecule has 1 heterocycles. The third kappa shape index (κ3) is 3.75. The Bertz CT molecular complexity index is 1440. The lowest BCUT2D eigenvalue weighted by Crippen LogP contribution is -1.97. The van der Waals surface area contributed by atoms with Gasteiger partial charge in [-0.25, -0.2) is 4.98 Å². The second-order valence-electron chi connectivity index (χ2n) is 7.05. The molecule has 5 rings (SSSR count). The van der Waals surface area contributed by atoms with Crippen LogP contribution in [0.1, 0.15) is 5.56 Å². The summed E-state index contributed by atoms with van der Waals surface area (Å²) < 4.78 is 0. The van der Waals surface area contributed by atoms with E-state index in [2.05, 4.69) is 40.3 Å². The standard InChI is InChI=1S/C26H15ClN4/c27-26-30-24(19-6-2-1-3-7-19)29-25(31-26)21-14-20-8-4-5-9-22(20)23(15-21)18-12-10-17(16-28)11-13-18/h1-15H. The fourth-order valence-electron chi connectivity index (χ4n) is 3.60. The molecule has 0 bridgehead atoms. The maximum absolute atomic E-state index is 9.12. The number of nitriles is 1. The number of hydrogen-bond donors (Lipinski definition) is 0. The molecule has 0 fully saturated rings. The van der Waals surface area contributed by atoms with Gasteiger partial charge in [0.05, 0.1) is 11.6 Å². The van der Waals surface area contributed by atoms with E-state index >= 15 is 0 Å². The predicted octanol–water partition coefficient (Wildman–Crippen LogP) is 6.55. The molecule has 0 N–H and O–H groups in total. The molecular formula is C26H15ClN4. The second kappa shape index (κ2) is 7.98. The summed E-state index contributed by atoms with van der Waals surface area (Å²) in [5.41, 5.74) is 4.40. The van der Waals surface area contributed by atoms with Gasteiger partial charge in [-0.2, -0.15) is 15.2 Å². The lowest BCUT2D eigenvalue weighted by atomic mass is 9.95. The van der Waals surface area contributed by atoms with Gasteiger partial charge in [-0.15, -0.1) is 0 Å². The van der Waals surface area contributed by atoms with E-state index in [4.69, 9.17) is 21.8 Å². The predicted molar refractivity (Wildman–Crippen MR) is 123 cm³/mol. The van der Waals surface area contributed by atoms with Crippen molar-refractivity contribution in [2.24, 2.45) is 0 Å². The summed E-state index contributed by atoms with van der Waals surface area (Å²) in [5.74, 6) is 1.04. The van der Waals surface area contributed by atoms with Crippen molar-refractivity contribution >= 4 is 22.4 Å². The summed E-state index contributed by atoms with van der Waals surface area (Å²) in [6.07, 6.45) is 0. The molecule has 0 aliphatic heterocycles. The number of hydrogen-bond acceptors (Lipinski definition) is 4. The van der Waals surface area contributed by atoms with Crippen molar-refractivity contribution in [1.82, 2.24) is 15.0 Å². The summed E-state index contributed by atoms with van der Waals surface area (Å²) in [7, 11) is 0. The average molecular weight is 419 g/mol. The maximum atomic E-state index is 9.12. The van der Waals surface area contributed by atoms with E-state index in [0.29, 0.717) is 17.2 Å². The minimum absolute atomic E-state index is 0.150. The normalized spacial score (nSPS) is 10.7. The van der Waals surface area contributed by atoms with Gasteiger partial charge in [0, 0.05) is 11.1 Å². The Morgan fingerprint density at radius 1 is 0.645 bits per heavy atom. The number of benzene rings is 4. The monoisotopic (exact) mass is 418 g/mol. The number of fused-ring (bicyclic) bond motifs is 1. The molecule has 1 aromatic heterocycles. The molecule has 0 saturated carbocycles. The van der Waals surface area contributed by atoms with Crippen LogP contribution in [0.4, 0.5) is 0 Å². The lowest BCUT2D eigenvalue weighted by molar-refractivity contribution is 1.07. The molecule has 0 atom stereocenters. The van der Waals surface area contributed by atoms with Gasteiger partial charge < -0.3 is 0 Å². The Kier molecular flexibility index (Phi) is 4.87. The van der Waals surface area contributed by atoms with Gasteiger partial charge in [0.25, 0.3) is 0 Å². The van der Waals surface area contributed by atoms with Crippen LogP contribution in [0.15, 0.2) is 91.0 Å². The molecule has 4 aromatic carbocycles. The number of rotatable bonds is 3. The first-order valence-corrected chi connectivity index (χ1v) is 10.1. The Hall–Kier alpha value is -4.07. The van der Waals surface area contributed by atoms with Crippen molar-refractivity contribution in [3.05, 3.63) is 102 Å². The minimum atomic E-state index is 0.150. The first-order chi connectivity index (χ1) is 15.2. The van der Waals surface area contributed by atoms with Crippen LogP contribution >= 0.6 is 11.6 Å². The Balaban J connectivity index is 1.71. The van der Waals surface area contributed by atoms with Crippen molar-refractivity contribution in [3.63, 3.8) is 0 Å². The van der Waals surface area contributed by atoms with Gasteiger partial charge in [0.1, 0.15) is 0 Å². The summed E-state index contributed by atoms with van der Waals surface area (Å²) in [5, 5.41) is 11.5. The van der Waals surface area contributed by atoms with Crippen LogP contribution in [0, 0.1) is 11.3 Å². The first-order valence-electron chi connectivity index (χ1n) is 9.72. The van der Waals surface area contributed by atoms with Crippen molar-refractivity contribution in [3.8, 4) is 40.0 Å². The number of aromatic nitrogens is 3. The SMILES string of the molecule is N#Cc1ccc(-c2cc(-c3nc(Cl)nc(-c4ccccc4)n3)cc3ccccc23)cc1. The van der Waals surface area contributed by atoms with Gasteiger partial charge in [-0.3, -0.25) is 0 Å². The molecular weight excluding hydrogens is 404 g/mol. The van der Waals surface area contributed by atoms with Crippen LogP contribution in [0.25, 0.3) is 44.7 Å². The summed E-state index contributed by atoms with van der Waals surface area (Å²) in [6, 6.07) is 31.7. The molecule has 0 amide bonds. The van der Waals surface area contributed by atoms with E-state index < -0.39 is 0 Å². The van der Waals surface area contributed by atoms with Crippen LogP contribution in [-0.2, 0) is 0 Å². The van der Waals surface area contributed by atoms with Gasteiger partial charge in [0.15, 0.2) is 11.6 Å². The molecule has 5 heteroatoms. The van der Waals surface area contributed by atoms with Gasteiger partial charge in [-0.05, 0) is 57.8 Å². The fourth-order valence-corrected chi connectivity index (χ4v) is 3.76. The molecule has 0 unspecified atom stereocenters. The molecule has 146 valence electrons. The van der Waals surface area contributed by atoms with E-state index in [1.165, 1.54) is 0 Å². The first kappa shape index (κ1) is 18.9. The van der Waals surface area contributed by atoms with Crippen LogP contribution < -0.4 is 0 Å². The highest BCUT2D eigenvalue weighted by molar-refractivity contribution is 6.28. The molecule has 0 aliphatic carbocycles. The largest absolute Gasteiger partial charge is 0.226 e. The molecule has 0 aliphatic rings. The van der Waals surface area contributed by atoms with E-state index in [1.807, 2.05) is 66.7 Å². The second-order valence-corrected chi connectivity index (χ2v) is 7.39. The summed E-state index contributed by atoms with van der Waals surface area (Å²) in [4.78, 5) is 13.4. The Morgan fingerprint density at radius 2 is 1.32 bits per heavy atom. The van der Waals surface area contributed by atoms with Crippen molar-refractivity contribution in [1.29, 1.82) is 5.26 Å². The molecule has 0 radical (unpaired) electrons. The fraction of sp³-hybridized carbons (Fsp3) is 0. The van der Waals surface area contributed by atoms with E-state index in [1.54, 1.807) is 0 Å². The molecule has 5 aromatic rings. The zero-order valence-electron chi connectivity index (χ0n) is 16.3. The van der Waals surface area contributed by atoms with Crippen LogP contribution in [0.5, 0.6) is 0 Å². The zero-order chi connectivity index (χ0) is 21.2. The minimum Gasteiger partial charge on any atom is -0.208 e. The average Bonchev–Trinajstić information content (AvgIpc) is 2.83. The highest BCUT2D eigenvalue weighted by Crippen LogP contribution is 2.34.